The molecule has 4 rings (SSSR count). The number of nitrogens with zero attached hydrogens (tertiary/aromatic N) is 3. The maximum Gasteiger partial charge on any atom is 0.257 e. The molecule has 0 bridgehead atoms. The number of aromatic nitrogens is 2. The van der Waals surface area contributed by atoms with Crippen molar-refractivity contribution in [3.8, 4) is 0 Å². The summed E-state index contributed by atoms with van der Waals surface area (Å²) >= 11 is 0. The molecule has 2 aliphatic heterocycles. The van der Waals surface area contributed by atoms with Gasteiger partial charge >= 0.3 is 0 Å². The number of hydrogen-bond acceptors (Lipinski definition) is 5. The van der Waals surface area contributed by atoms with Crippen LogP contribution in [0, 0.1) is 0 Å². The second-order valence-electron chi connectivity index (χ2n) is 7.97. The van der Waals surface area contributed by atoms with Gasteiger partial charge in [-0.25, -0.2) is 18.7 Å². The van der Waals surface area contributed by atoms with E-state index in [1.165, 1.54) is 6.92 Å². The third-order valence-corrected chi connectivity index (χ3v) is 6.02. The first-order valence-electron chi connectivity index (χ1n) is 11.1. The van der Waals surface area contributed by atoms with Gasteiger partial charge in [0.1, 0.15) is 23.0 Å². The Kier molecular flexibility index (Phi) is 6.54. The molecule has 2 N–H and O–H groups in total. The van der Waals surface area contributed by atoms with Crippen LogP contribution in [0.5, 0.6) is 0 Å². The Bertz CT molecular complexity index is 1220. The van der Waals surface area contributed by atoms with Crippen LogP contribution in [0.1, 0.15) is 53.6 Å². The van der Waals surface area contributed by atoms with E-state index in [1.807, 2.05) is 24.0 Å². The number of likely N-dealkylation sites (N-methyl/N-ethyl adjacent to an activating group) is 1. The summed E-state index contributed by atoms with van der Waals surface area (Å²) in [4.78, 5) is 35.3. The lowest BCUT2D eigenvalue weighted by Crippen LogP contribution is -2.26. The number of benzene rings is 1. The summed E-state index contributed by atoms with van der Waals surface area (Å²) in [7, 11) is 0. The molecule has 7 nitrogen and oxygen atoms in total. The van der Waals surface area contributed by atoms with E-state index in [9.17, 15) is 18.4 Å². The molecule has 1 aromatic carbocycles. The highest BCUT2D eigenvalue weighted by atomic mass is 19.1. The molecule has 1 saturated heterocycles. The van der Waals surface area contributed by atoms with Crippen LogP contribution in [0.15, 0.2) is 54.7 Å². The second kappa shape index (κ2) is 9.54. The van der Waals surface area contributed by atoms with E-state index in [0.717, 1.165) is 30.7 Å². The number of fused-ring (bicyclic) bond motifs is 1. The van der Waals surface area contributed by atoms with Crippen molar-refractivity contribution in [3.05, 3.63) is 77.3 Å². The van der Waals surface area contributed by atoms with Gasteiger partial charge < -0.3 is 15.5 Å². The van der Waals surface area contributed by atoms with Crippen molar-refractivity contribution in [2.75, 3.05) is 18.4 Å². The monoisotopic (exact) mass is 465 g/mol. The average Bonchev–Trinajstić information content (AvgIpc) is 3.41. The summed E-state index contributed by atoms with van der Waals surface area (Å²) in [5.41, 5.74) is 1.64. The first-order valence-corrected chi connectivity index (χ1v) is 11.1. The van der Waals surface area contributed by atoms with Gasteiger partial charge in [-0.15, -0.1) is 0 Å². The van der Waals surface area contributed by atoms with Crippen LogP contribution in [0.2, 0.25) is 0 Å². The highest BCUT2D eigenvalue weighted by molar-refractivity contribution is 6.03. The number of likely N-dealkylation sites (tertiary alicyclic amines) is 1. The van der Waals surface area contributed by atoms with Gasteiger partial charge in [-0.05, 0) is 44.0 Å². The molecule has 2 amide bonds. The van der Waals surface area contributed by atoms with E-state index >= 15 is 0 Å². The Labute approximate surface area is 196 Å². The molecule has 0 radical (unpaired) electrons. The van der Waals surface area contributed by atoms with E-state index in [4.69, 9.17) is 0 Å². The first-order chi connectivity index (χ1) is 16.4. The quantitative estimate of drug-likeness (QED) is 0.587. The van der Waals surface area contributed by atoms with Crippen LogP contribution >= 0.6 is 0 Å². The van der Waals surface area contributed by atoms with Gasteiger partial charge in [-0.3, -0.25) is 9.59 Å². The van der Waals surface area contributed by atoms with Crippen molar-refractivity contribution in [3.63, 3.8) is 0 Å². The molecular weight excluding hydrogens is 440 g/mol. The smallest absolute Gasteiger partial charge is 0.257 e. The summed E-state index contributed by atoms with van der Waals surface area (Å²) in [6, 6.07) is 7.28. The maximum atomic E-state index is 14.5. The molecule has 0 saturated carbocycles. The highest BCUT2D eigenvalue weighted by Gasteiger charge is 2.32. The zero-order chi connectivity index (χ0) is 24.4. The number of hydrogen-bond donors (Lipinski definition) is 2. The Balaban J connectivity index is 1.69. The average molecular weight is 466 g/mol. The van der Waals surface area contributed by atoms with Crippen molar-refractivity contribution in [2.45, 2.75) is 32.7 Å². The van der Waals surface area contributed by atoms with Gasteiger partial charge in [0.15, 0.2) is 5.82 Å². The number of allylic oxidation sites excluding steroid dienone is 5. The summed E-state index contributed by atoms with van der Waals surface area (Å²) in [5.74, 6) is -2.25. The van der Waals surface area contributed by atoms with E-state index in [2.05, 4.69) is 27.2 Å². The normalized spacial score (nSPS) is 18.5. The molecule has 2 aromatic rings. The molecule has 176 valence electrons. The molecule has 0 aliphatic carbocycles. The lowest BCUT2D eigenvalue weighted by molar-refractivity contribution is -0.128. The third kappa shape index (κ3) is 4.21. The van der Waals surface area contributed by atoms with Crippen molar-refractivity contribution in [1.82, 2.24) is 20.2 Å². The predicted molar refractivity (Wildman–Crippen MR) is 126 cm³/mol. The van der Waals surface area contributed by atoms with Gasteiger partial charge in [0.05, 0.1) is 23.7 Å². The van der Waals surface area contributed by atoms with Crippen molar-refractivity contribution < 1.29 is 18.4 Å². The molecule has 2 aliphatic rings. The van der Waals surface area contributed by atoms with E-state index in [0.29, 0.717) is 17.9 Å². The van der Waals surface area contributed by atoms with Crippen molar-refractivity contribution in [2.24, 2.45) is 0 Å². The Hall–Kier alpha value is -3.88. The Morgan fingerprint density at radius 3 is 2.62 bits per heavy atom. The number of anilines is 2. The van der Waals surface area contributed by atoms with Gasteiger partial charge in [0, 0.05) is 18.8 Å². The zero-order valence-electron chi connectivity index (χ0n) is 19.0. The minimum atomic E-state index is -0.912. The number of carbonyl (C=O) groups is 2. The van der Waals surface area contributed by atoms with Gasteiger partial charge in [-0.2, -0.15) is 0 Å². The molecule has 34 heavy (non-hydrogen) atoms. The van der Waals surface area contributed by atoms with Gasteiger partial charge in [-0.1, -0.05) is 24.8 Å². The minimum absolute atomic E-state index is 0.118. The van der Waals surface area contributed by atoms with Crippen LogP contribution < -0.4 is 10.6 Å². The molecule has 9 heteroatoms. The fourth-order valence-electron chi connectivity index (χ4n) is 4.20. The van der Waals surface area contributed by atoms with E-state index in [-0.39, 0.29) is 41.5 Å². The van der Waals surface area contributed by atoms with Crippen molar-refractivity contribution in [1.29, 1.82) is 0 Å². The number of rotatable bonds is 7. The predicted octanol–water partition coefficient (Wildman–Crippen LogP) is 4.54. The fraction of sp³-hybridized carbons (Fsp3) is 0.280. The second-order valence-corrected chi connectivity index (χ2v) is 7.97. The molecule has 1 aromatic heterocycles. The zero-order valence-corrected chi connectivity index (χ0v) is 19.0. The van der Waals surface area contributed by atoms with Crippen LogP contribution in [0.25, 0.3) is 5.57 Å². The minimum Gasteiger partial charge on any atom is -0.346 e. The number of nitrogens with one attached hydrogen (secondary N) is 2. The molecule has 0 spiro atoms. The topological polar surface area (TPSA) is 87.2 Å². The SMILES string of the molecule is C=C/C(F)=C(\C(F)=C/C)c1nc2c(c(Nc3ccc(C4CCN(CC)C4=O)cc3)n1)C(=O)NC2. The van der Waals surface area contributed by atoms with Crippen LogP contribution in [-0.4, -0.2) is 39.8 Å². The van der Waals surface area contributed by atoms with Gasteiger partial charge in [0.2, 0.25) is 5.91 Å². The Morgan fingerprint density at radius 1 is 1.26 bits per heavy atom. The van der Waals surface area contributed by atoms with Crippen molar-refractivity contribution >= 4 is 28.9 Å². The number of amides is 2. The van der Waals surface area contributed by atoms with Crippen LogP contribution in [0.4, 0.5) is 20.3 Å². The maximum absolute atomic E-state index is 14.5. The lowest BCUT2D eigenvalue weighted by atomic mass is 9.97. The van der Waals surface area contributed by atoms with Gasteiger partial charge in [0.25, 0.3) is 5.91 Å². The van der Waals surface area contributed by atoms with Crippen LogP contribution in [0.3, 0.4) is 0 Å². The molecule has 3 heterocycles. The fourth-order valence-corrected chi connectivity index (χ4v) is 4.20. The van der Waals surface area contributed by atoms with Crippen LogP contribution in [-0.2, 0) is 11.3 Å². The summed E-state index contributed by atoms with van der Waals surface area (Å²) < 4.78 is 28.9. The Morgan fingerprint density at radius 2 is 2.00 bits per heavy atom. The molecule has 1 unspecified atom stereocenters. The standard InChI is InChI=1S/C25H25F2N5O2/c1-4-17(26)20(18(27)5-2)22-30-19-13-28-24(33)21(19)23(31-22)29-15-9-7-14(8-10-15)16-11-12-32(6-3)25(16)34/h4-5,7-10,16H,1,6,11-13H2,2-3H3,(H,28,33)(H,29,30,31)/b18-5+,20-17-. The van der Waals surface area contributed by atoms with E-state index < -0.39 is 17.2 Å². The lowest BCUT2D eigenvalue weighted by Gasteiger charge is -2.15. The third-order valence-electron chi connectivity index (χ3n) is 6.02. The van der Waals surface area contributed by atoms with E-state index in [1.54, 1.807) is 12.1 Å². The highest BCUT2D eigenvalue weighted by Crippen LogP contribution is 2.33. The first kappa shape index (κ1) is 23.3. The largest absolute Gasteiger partial charge is 0.346 e. The summed E-state index contributed by atoms with van der Waals surface area (Å²) in [6.45, 7) is 8.30. The molecule has 1 fully saturated rings. The number of carbonyl (C=O) groups excluding carboxylic acids is 2. The number of halogens is 2. The summed E-state index contributed by atoms with van der Waals surface area (Å²) in [6.07, 6.45) is 2.76. The molecular formula is C25H25F2N5O2. The molecule has 1 atom stereocenters. The summed E-state index contributed by atoms with van der Waals surface area (Å²) in [5, 5.41) is 5.74.